The van der Waals surface area contributed by atoms with Gasteiger partial charge in [-0.2, -0.15) is 0 Å². The Morgan fingerprint density at radius 3 is 2.48 bits per heavy atom. The van der Waals surface area contributed by atoms with Gasteiger partial charge in [0.15, 0.2) is 0 Å². The molecule has 0 aromatic heterocycles. The first-order chi connectivity index (χ1) is 9.85. The quantitative estimate of drug-likeness (QED) is 0.917. The van der Waals surface area contributed by atoms with E-state index in [0.29, 0.717) is 10.8 Å². The lowest BCUT2D eigenvalue weighted by molar-refractivity contribution is 0.147. The number of hydrogen-bond donors (Lipinski definition) is 1. The van der Waals surface area contributed by atoms with E-state index in [-0.39, 0.29) is 22.5 Å². The second-order valence-corrected chi connectivity index (χ2v) is 8.48. The molecular weight excluding hydrogens is 285 g/mol. The van der Waals surface area contributed by atoms with E-state index < -0.39 is 10.8 Å². The molecule has 0 saturated heterocycles. The molecule has 1 aromatic rings. The van der Waals surface area contributed by atoms with Crippen molar-refractivity contribution >= 4 is 10.8 Å². The van der Waals surface area contributed by atoms with Crippen molar-refractivity contribution in [2.24, 2.45) is 17.1 Å². The Kier molecular flexibility index (Phi) is 5.20. The fourth-order valence-corrected chi connectivity index (χ4v) is 4.76. The summed E-state index contributed by atoms with van der Waals surface area (Å²) in [6, 6.07) is 5.95. The second kappa shape index (κ2) is 6.57. The minimum absolute atomic E-state index is 0.0277. The van der Waals surface area contributed by atoms with E-state index in [0.717, 1.165) is 25.7 Å². The third-order valence-electron chi connectivity index (χ3n) is 5.18. The standard InChI is InChI=1S/C17H26FNOS/c1-4-17(2,3)12-5-10-15(19)16(11-12)21(20)14-8-6-13(18)7-9-14/h6-9,12,15-16H,4-5,10-11,19H2,1-3H3. The molecule has 1 saturated carbocycles. The molecule has 0 heterocycles. The highest BCUT2D eigenvalue weighted by Crippen LogP contribution is 2.42. The first-order valence-corrected chi connectivity index (χ1v) is 8.98. The molecule has 0 spiro atoms. The Hall–Kier alpha value is -0.740. The van der Waals surface area contributed by atoms with E-state index in [1.165, 1.54) is 12.1 Å². The van der Waals surface area contributed by atoms with Crippen LogP contribution in [0, 0.1) is 17.2 Å². The fourth-order valence-electron chi connectivity index (χ4n) is 3.14. The van der Waals surface area contributed by atoms with Crippen LogP contribution in [0.5, 0.6) is 0 Å². The van der Waals surface area contributed by atoms with Crippen LogP contribution in [0.4, 0.5) is 4.39 Å². The molecule has 4 unspecified atom stereocenters. The SMILES string of the molecule is CCC(C)(C)C1CCC(N)C(S(=O)c2ccc(F)cc2)C1. The maximum absolute atomic E-state index is 13.0. The maximum atomic E-state index is 13.0. The van der Waals surface area contributed by atoms with Gasteiger partial charge in [0.2, 0.25) is 0 Å². The highest BCUT2D eigenvalue weighted by Gasteiger charge is 2.38. The summed E-state index contributed by atoms with van der Waals surface area (Å²) in [6.45, 7) is 6.78. The molecular formula is C17H26FNOS. The molecule has 4 heteroatoms. The Labute approximate surface area is 129 Å². The van der Waals surface area contributed by atoms with Crippen molar-refractivity contribution in [3.63, 3.8) is 0 Å². The van der Waals surface area contributed by atoms with Crippen molar-refractivity contribution in [2.75, 3.05) is 0 Å². The third kappa shape index (κ3) is 3.72. The van der Waals surface area contributed by atoms with Crippen LogP contribution >= 0.6 is 0 Å². The van der Waals surface area contributed by atoms with Gasteiger partial charge in [-0.05, 0) is 54.9 Å². The summed E-state index contributed by atoms with van der Waals surface area (Å²) in [4.78, 5) is 0.687. The molecule has 118 valence electrons. The Morgan fingerprint density at radius 1 is 1.29 bits per heavy atom. The molecule has 0 aliphatic heterocycles. The molecule has 0 bridgehead atoms. The average molecular weight is 311 g/mol. The van der Waals surface area contributed by atoms with Gasteiger partial charge in [0.25, 0.3) is 0 Å². The van der Waals surface area contributed by atoms with Crippen LogP contribution in [0.3, 0.4) is 0 Å². The van der Waals surface area contributed by atoms with E-state index in [1.54, 1.807) is 12.1 Å². The summed E-state index contributed by atoms with van der Waals surface area (Å²) in [6.07, 6.45) is 4.04. The molecule has 1 aliphatic rings. The summed E-state index contributed by atoms with van der Waals surface area (Å²) in [7, 11) is -1.16. The van der Waals surface area contributed by atoms with Crippen LogP contribution in [0.1, 0.15) is 46.5 Å². The van der Waals surface area contributed by atoms with Crippen molar-refractivity contribution in [3.8, 4) is 0 Å². The lowest BCUT2D eigenvalue weighted by atomic mass is 9.69. The van der Waals surface area contributed by atoms with Gasteiger partial charge in [-0.1, -0.05) is 27.2 Å². The van der Waals surface area contributed by atoms with Crippen LogP contribution in [0.25, 0.3) is 0 Å². The van der Waals surface area contributed by atoms with Gasteiger partial charge in [0.1, 0.15) is 5.82 Å². The normalized spacial score (nSPS) is 28.3. The molecule has 0 radical (unpaired) electrons. The second-order valence-electron chi connectivity index (χ2n) is 6.81. The summed E-state index contributed by atoms with van der Waals surface area (Å²) < 4.78 is 25.8. The molecule has 2 N–H and O–H groups in total. The fraction of sp³-hybridized carbons (Fsp3) is 0.647. The lowest BCUT2D eigenvalue weighted by Crippen LogP contribution is -2.45. The smallest absolute Gasteiger partial charge is 0.123 e. The summed E-state index contributed by atoms with van der Waals surface area (Å²) in [5.74, 6) is 0.255. The van der Waals surface area contributed by atoms with Crippen LogP contribution in [0.2, 0.25) is 0 Å². The zero-order chi connectivity index (χ0) is 15.6. The van der Waals surface area contributed by atoms with Crippen LogP contribution in [-0.2, 0) is 10.8 Å². The van der Waals surface area contributed by atoms with Crippen molar-refractivity contribution in [2.45, 2.75) is 62.6 Å². The molecule has 1 aliphatic carbocycles. The zero-order valence-corrected chi connectivity index (χ0v) is 14.0. The first kappa shape index (κ1) is 16.6. The highest BCUT2D eigenvalue weighted by molar-refractivity contribution is 7.85. The Morgan fingerprint density at radius 2 is 1.90 bits per heavy atom. The molecule has 2 rings (SSSR count). The molecule has 21 heavy (non-hydrogen) atoms. The van der Waals surface area contributed by atoms with Gasteiger partial charge in [0, 0.05) is 10.9 Å². The maximum Gasteiger partial charge on any atom is 0.123 e. The van der Waals surface area contributed by atoms with E-state index in [4.69, 9.17) is 5.73 Å². The van der Waals surface area contributed by atoms with Gasteiger partial charge in [0.05, 0.1) is 16.0 Å². The molecule has 1 aromatic carbocycles. The Balaban J connectivity index is 2.16. The molecule has 1 fully saturated rings. The van der Waals surface area contributed by atoms with E-state index in [2.05, 4.69) is 20.8 Å². The minimum Gasteiger partial charge on any atom is -0.327 e. The van der Waals surface area contributed by atoms with Crippen molar-refractivity contribution in [3.05, 3.63) is 30.1 Å². The van der Waals surface area contributed by atoms with Crippen molar-refractivity contribution in [1.82, 2.24) is 0 Å². The van der Waals surface area contributed by atoms with Crippen molar-refractivity contribution in [1.29, 1.82) is 0 Å². The number of nitrogens with two attached hydrogens (primary N) is 1. The van der Waals surface area contributed by atoms with Gasteiger partial charge in [-0.3, -0.25) is 4.21 Å². The van der Waals surface area contributed by atoms with Crippen LogP contribution in [-0.4, -0.2) is 15.5 Å². The molecule has 4 atom stereocenters. The van der Waals surface area contributed by atoms with Gasteiger partial charge < -0.3 is 5.73 Å². The third-order valence-corrected chi connectivity index (χ3v) is 7.01. The first-order valence-electron chi connectivity index (χ1n) is 7.77. The van der Waals surface area contributed by atoms with E-state index in [1.807, 2.05) is 0 Å². The van der Waals surface area contributed by atoms with Crippen LogP contribution < -0.4 is 5.73 Å². The lowest BCUT2D eigenvalue weighted by Gasteiger charge is -2.41. The number of rotatable bonds is 4. The van der Waals surface area contributed by atoms with Gasteiger partial charge in [-0.15, -0.1) is 0 Å². The van der Waals surface area contributed by atoms with E-state index in [9.17, 15) is 8.60 Å². The van der Waals surface area contributed by atoms with Crippen molar-refractivity contribution < 1.29 is 8.60 Å². The van der Waals surface area contributed by atoms with Gasteiger partial charge in [-0.25, -0.2) is 4.39 Å². The summed E-state index contributed by atoms with van der Waals surface area (Å²) in [5, 5.41) is -0.0277. The zero-order valence-electron chi connectivity index (χ0n) is 13.1. The molecule has 2 nitrogen and oxygen atoms in total. The summed E-state index contributed by atoms with van der Waals surface area (Å²) >= 11 is 0. The van der Waals surface area contributed by atoms with E-state index >= 15 is 0 Å². The predicted octanol–water partition coefficient (Wildman–Crippen LogP) is 3.87. The van der Waals surface area contributed by atoms with Crippen LogP contribution in [0.15, 0.2) is 29.2 Å². The monoisotopic (exact) mass is 311 g/mol. The highest BCUT2D eigenvalue weighted by atomic mass is 32.2. The van der Waals surface area contributed by atoms with Gasteiger partial charge >= 0.3 is 0 Å². The number of hydrogen-bond acceptors (Lipinski definition) is 2. The largest absolute Gasteiger partial charge is 0.327 e. The number of halogens is 1. The summed E-state index contributed by atoms with van der Waals surface area (Å²) in [5.41, 5.74) is 6.48. The number of benzene rings is 1. The molecule has 0 amide bonds. The topological polar surface area (TPSA) is 43.1 Å². The predicted molar refractivity (Wildman–Crippen MR) is 86.0 cm³/mol. The Bertz CT molecular complexity index is 500. The minimum atomic E-state index is -1.16. The average Bonchev–Trinajstić information content (AvgIpc) is 2.47.